The molecule has 2 aromatic carbocycles. The van der Waals surface area contributed by atoms with Crippen molar-refractivity contribution < 1.29 is 31.9 Å². The Labute approximate surface area is 169 Å². The first-order chi connectivity index (χ1) is 14.3. The summed E-state index contributed by atoms with van der Waals surface area (Å²) in [5, 5.41) is 0. The SMILES string of the molecule is Cc1cc2c(cc1C1C(=O)N(Cc3ccc(C(F)(F)F)o3)c3ccccc31)OCO2. The zero-order chi connectivity index (χ0) is 21.0. The predicted octanol–water partition coefficient (Wildman–Crippen LogP) is 5.01. The second-order valence-electron chi connectivity index (χ2n) is 7.24. The van der Waals surface area contributed by atoms with Crippen LogP contribution in [0.3, 0.4) is 0 Å². The van der Waals surface area contributed by atoms with Gasteiger partial charge < -0.3 is 18.8 Å². The topological polar surface area (TPSA) is 51.9 Å². The molecule has 0 N–H and O–H groups in total. The first-order valence-corrected chi connectivity index (χ1v) is 9.29. The highest BCUT2D eigenvalue weighted by molar-refractivity contribution is 6.07. The number of benzene rings is 2. The van der Waals surface area contributed by atoms with Crippen LogP contribution in [0.15, 0.2) is 52.9 Å². The molecule has 0 saturated carbocycles. The largest absolute Gasteiger partial charge is 0.455 e. The van der Waals surface area contributed by atoms with Crippen molar-refractivity contribution in [1.29, 1.82) is 0 Å². The van der Waals surface area contributed by atoms with Gasteiger partial charge in [-0.15, -0.1) is 0 Å². The predicted molar refractivity (Wildman–Crippen MR) is 100 cm³/mol. The standard InChI is InChI=1S/C22H16F3NO4/c1-12-8-17-18(29-11-28-17)9-15(12)20-14-4-2-3-5-16(14)26(21(20)27)10-13-6-7-19(30-13)22(23,24)25/h2-9,20H,10-11H2,1H3. The van der Waals surface area contributed by atoms with Crippen LogP contribution >= 0.6 is 0 Å². The van der Waals surface area contributed by atoms with Gasteiger partial charge in [-0.1, -0.05) is 18.2 Å². The van der Waals surface area contributed by atoms with Gasteiger partial charge in [0.05, 0.1) is 12.5 Å². The molecule has 0 aliphatic carbocycles. The maximum atomic E-state index is 13.4. The number of carbonyl (C=O) groups is 1. The molecule has 1 atom stereocenters. The summed E-state index contributed by atoms with van der Waals surface area (Å²) in [5.74, 6) is -0.646. The third-order valence-electron chi connectivity index (χ3n) is 5.38. The number of halogens is 3. The average molecular weight is 415 g/mol. The lowest BCUT2D eigenvalue weighted by Gasteiger charge is -2.18. The molecule has 0 radical (unpaired) electrons. The van der Waals surface area contributed by atoms with Crippen LogP contribution in [-0.4, -0.2) is 12.7 Å². The van der Waals surface area contributed by atoms with Crippen molar-refractivity contribution in [2.75, 3.05) is 11.7 Å². The molecule has 154 valence electrons. The summed E-state index contributed by atoms with van der Waals surface area (Å²) in [4.78, 5) is 14.9. The van der Waals surface area contributed by atoms with Gasteiger partial charge in [0.2, 0.25) is 18.5 Å². The van der Waals surface area contributed by atoms with E-state index in [1.165, 1.54) is 11.0 Å². The van der Waals surface area contributed by atoms with Gasteiger partial charge in [0.25, 0.3) is 0 Å². The van der Waals surface area contributed by atoms with Gasteiger partial charge in [0.15, 0.2) is 11.5 Å². The van der Waals surface area contributed by atoms with E-state index in [-0.39, 0.29) is 25.0 Å². The van der Waals surface area contributed by atoms with Crippen LogP contribution in [0.2, 0.25) is 0 Å². The fourth-order valence-electron chi connectivity index (χ4n) is 3.99. The summed E-state index contributed by atoms with van der Waals surface area (Å²) < 4.78 is 54.4. The van der Waals surface area contributed by atoms with Gasteiger partial charge in [-0.2, -0.15) is 13.2 Å². The average Bonchev–Trinajstić information content (AvgIpc) is 3.40. The quantitative estimate of drug-likeness (QED) is 0.603. The number of nitrogens with zero attached hydrogens (tertiary/aromatic N) is 1. The van der Waals surface area contributed by atoms with Crippen LogP contribution < -0.4 is 14.4 Å². The van der Waals surface area contributed by atoms with Crippen LogP contribution in [0.4, 0.5) is 18.9 Å². The van der Waals surface area contributed by atoms with Gasteiger partial charge in [0.1, 0.15) is 5.76 Å². The highest BCUT2D eigenvalue weighted by Gasteiger charge is 2.40. The van der Waals surface area contributed by atoms with E-state index in [0.717, 1.165) is 22.8 Å². The molecule has 0 saturated heterocycles. The monoisotopic (exact) mass is 415 g/mol. The maximum Gasteiger partial charge on any atom is 0.449 e. The first kappa shape index (κ1) is 18.6. The number of aryl methyl sites for hydroxylation is 1. The van der Waals surface area contributed by atoms with Crippen molar-refractivity contribution >= 4 is 11.6 Å². The number of para-hydroxylation sites is 1. The second kappa shape index (κ2) is 6.55. The van der Waals surface area contributed by atoms with Crippen LogP contribution in [0.5, 0.6) is 11.5 Å². The minimum atomic E-state index is -4.57. The number of furan rings is 1. The number of fused-ring (bicyclic) bond motifs is 2. The lowest BCUT2D eigenvalue weighted by molar-refractivity contribution is -0.153. The van der Waals surface area contributed by atoms with E-state index in [1.54, 1.807) is 18.2 Å². The number of amides is 1. The molecule has 2 aliphatic heterocycles. The van der Waals surface area contributed by atoms with Crippen LogP contribution in [-0.2, 0) is 17.5 Å². The fourth-order valence-corrected chi connectivity index (χ4v) is 3.99. The van der Waals surface area contributed by atoms with Crippen molar-refractivity contribution in [3.8, 4) is 11.5 Å². The van der Waals surface area contributed by atoms with E-state index in [1.807, 2.05) is 25.1 Å². The van der Waals surface area contributed by atoms with Gasteiger partial charge in [-0.25, -0.2) is 0 Å². The molecule has 0 spiro atoms. The molecule has 3 heterocycles. The number of anilines is 1. The minimum absolute atomic E-state index is 0.0635. The summed E-state index contributed by atoms with van der Waals surface area (Å²) in [5.41, 5.74) is 3.07. The molecule has 8 heteroatoms. The van der Waals surface area contributed by atoms with E-state index in [4.69, 9.17) is 13.9 Å². The molecule has 0 fully saturated rings. The number of carbonyl (C=O) groups excluding carboxylic acids is 1. The van der Waals surface area contributed by atoms with Crippen molar-refractivity contribution in [3.63, 3.8) is 0 Å². The Morgan fingerprint density at radius 1 is 1.03 bits per heavy atom. The zero-order valence-electron chi connectivity index (χ0n) is 15.8. The first-order valence-electron chi connectivity index (χ1n) is 9.29. The van der Waals surface area contributed by atoms with Crippen molar-refractivity contribution in [2.45, 2.75) is 25.6 Å². The van der Waals surface area contributed by atoms with Crippen molar-refractivity contribution in [2.24, 2.45) is 0 Å². The summed E-state index contributed by atoms with van der Waals surface area (Å²) in [6.45, 7) is 1.92. The molecule has 30 heavy (non-hydrogen) atoms. The molecular formula is C22H16F3NO4. The van der Waals surface area contributed by atoms with E-state index in [0.29, 0.717) is 17.2 Å². The molecule has 5 nitrogen and oxygen atoms in total. The summed E-state index contributed by atoms with van der Waals surface area (Å²) in [6.07, 6.45) is -4.57. The second-order valence-corrected chi connectivity index (χ2v) is 7.24. The number of ether oxygens (including phenoxy) is 2. The highest BCUT2D eigenvalue weighted by atomic mass is 19.4. The smallest absolute Gasteiger partial charge is 0.449 e. The molecule has 3 aromatic rings. The molecule has 2 aliphatic rings. The summed E-state index contributed by atoms with van der Waals surface area (Å²) in [7, 11) is 0. The lowest BCUT2D eigenvalue weighted by Crippen LogP contribution is -2.28. The van der Waals surface area contributed by atoms with E-state index >= 15 is 0 Å². The Bertz CT molecular complexity index is 1150. The number of hydrogen-bond acceptors (Lipinski definition) is 4. The molecule has 0 bridgehead atoms. The Kier molecular flexibility index (Phi) is 4.06. The van der Waals surface area contributed by atoms with E-state index in [2.05, 4.69) is 0 Å². The summed E-state index contributed by atoms with van der Waals surface area (Å²) in [6, 6.07) is 13.0. The number of rotatable bonds is 3. The Morgan fingerprint density at radius 3 is 2.50 bits per heavy atom. The molecule has 1 unspecified atom stereocenters. The lowest BCUT2D eigenvalue weighted by atomic mass is 9.89. The van der Waals surface area contributed by atoms with Crippen molar-refractivity contribution in [1.82, 2.24) is 0 Å². The van der Waals surface area contributed by atoms with Crippen LogP contribution in [0.1, 0.15) is 34.1 Å². The Hall–Kier alpha value is -3.42. The van der Waals surface area contributed by atoms with Crippen LogP contribution in [0, 0.1) is 6.92 Å². The summed E-state index contributed by atoms with van der Waals surface area (Å²) >= 11 is 0. The highest BCUT2D eigenvalue weighted by Crippen LogP contribution is 2.46. The fraction of sp³-hybridized carbons (Fsp3) is 0.227. The maximum absolute atomic E-state index is 13.4. The third kappa shape index (κ3) is 2.91. The van der Waals surface area contributed by atoms with Gasteiger partial charge in [-0.05, 0) is 53.9 Å². The van der Waals surface area contributed by atoms with Crippen molar-refractivity contribution in [3.05, 3.63) is 76.7 Å². The van der Waals surface area contributed by atoms with E-state index in [9.17, 15) is 18.0 Å². The number of alkyl halides is 3. The zero-order valence-corrected chi connectivity index (χ0v) is 15.8. The van der Waals surface area contributed by atoms with Gasteiger partial charge in [-0.3, -0.25) is 4.79 Å². The van der Waals surface area contributed by atoms with Gasteiger partial charge in [0, 0.05) is 5.69 Å². The van der Waals surface area contributed by atoms with E-state index < -0.39 is 17.9 Å². The minimum Gasteiger partial charge on any atom is -0.455 e. The van der Waals surface area contributed by atoms with Crippen LogP contribution in [0.25, 0.3) is 0 Å². The van der Waals surface area contributed by atoms with Gasteiger partial charge >= 0.3 is 6.18 Å². The normalized spacial score (nSPS) is 17.5. The third-order valence-corrected chi connectivity index (χ3v) is 5.38. The molecule has 1 amide bonds. The molecule has 5 rings (SSSR count). The number of hydrogen-bond donors (Lipinski definition) is 0. The Morgan fingerprint density at radius 2 is 1.77 bits per heavy atom. The Balaban J connectivity index is 1.53. The molecule has 1 aromatic heterocycles. The molecular weight excluding hydrogens is 399 g/mol.